The van der Waals surface area contributed by atoms with Crippen LogP contribution in [0.2, 0.25) is 0 Å². The zero-order chi connectivity index (χ0) is 51.9. The van der Waals surface area contributed by atoms with Crippen LogP contribution < -0.4 is 0 Å². The van der Waals surface area contributed by atoms with Crippen LogP contribution in [0.25, 0.3) is 0 Å². The van der Waals surface area contributed by atoms with Gasteiger partial charge in [-0.25, -0.2) is 28.8 Å². The topological polar surface area (TPSA) is 195 Å². The van der Waals surface area contributed by atoms with Crippen LogP contribution in [-0.2, 0) is 76.1 Å². The van der Waals surface area contributed by atoms with Crippen molar-refractivity contribution in [3.8, 4) is 0 Å². The van der Waals surface area contributed by atoms with Crippen LogP contribution in [0.3, 0.4) is 0 Å². The average Bonchev–Trinajstić information content (AvgIpc) is 3.48. The molecule has 384 valence electrons. The predicted molar refractivity (Wildman–Crippen MR) is 168 cm³/mol. The highest BCUT2D eigenvalue weighted by molar-refractivity contribution is 5.79. The molecular formula is C33H30F18O16. The highest BCUT2D eigenvalue weighted by Gasteiger charge is 2.64. The van der Waals surface area contributed by atoms with Crippen molar-refractivity contribution in [3.63, 3.8) is 0 Å². The van der Waals surface area contributed by atoms with Gasteiger partial charge in [-0.2, -0.15) is 79.0 Å². The van der Waals surface area contributed by atoms with Crippen molar-refractivity contribution in [2.75, 3.05) is 26.4 Å². The molecule has 0 aliphatic carbocycles. The molecule has 0 saturated carbocycles. The van der Waals surface area contributed by atoms with Crippen molar-refractivity contribution in [3.05, 3.63) is 23.3 Å². The van der Waals surface area contributed by atoms with Gasteiger partial charge in [0.1, 0.15) is 12.7 Å². The molecule has 0 N–H and O–H groups in total. The van der Waals surface area contributed by atoms with Crippen LogP contribution in [0.5, 0.6) is 0 Å². The van der Waals surface area contributed by atoms with Gasteiger partial charge in [-0.3, -0.25) is 0 Å². The minimum absolute atomic E-state index is 0.181. The van der Waals surface area contributed by atoms with E-state index in [4.69, 9.17) is 18.9 Å². The van der Waals surface area contributed by atoms with Gasteiger partial charge < -0.3 is 47.4 Å². The maximum absolute atomic E-state index is 13.5. The third-order valence-electron chi connectivity index (χ3n) is 8.15. The molecule has 67 heavy (non-hydrogen) atoms. The van der Waals surface area contributed by atoms with E-state index in [0.29, 0.717) is 12.0 Å². The summed E-state index contributed by atoms with van der Waals surface area (Å²) in [4.78, 5) is 71.3. The molecule has 2 heterocycles. The zero-order valence-corrected chi connectivity index (χ0v) is 33.3. The SMILES string of the molecule is CC(C)=CCC/C(C)=C\CO[C@@H]1O[C@H](CO[C@@H]2OCC(COC(=O)C(F)(F)F)(OC(=O)C(F)(F)F)[C@H]2OC(=O)C(F)(F)F)[C@@H](OC(=O)C(F)(F)F)[C@H](OC(=O)C(F)(F)F)[C@H]1OC(=O)C(F)(F)F. The average molecular weight is 1020 g/mol. The molecule has 0 radical (unpaired) electrons. The van der Waals surface area contributed by atoms with Crippen molar-refractivity contribution in [2.24, 2.45) is 0 Å². The van der Waals surface area contributed by atoms with Crippen molar-refractivity contribution >= 4 is 35.8 Å². The van der Waals surface area contributed by atoms with Gasteiger partial charge in [-0.05, 0) is 33.6 Å². The van der Waals surface area contributed by atoms with Crippen molar-refractivity contribution in [2.45, 2.75) is 119 Å². The molecule has 0 aromatic carbocycles. The molecule has 0 aromatic rings. The zero-order valence-electron chi connectivity index (χ0n) is 33.3. The fraction of sp³-hybridized carbons (Fsp3) is 0.697. The quantitative estimate of drug-likeness (QED) is 0.0797. The Morgan fingerprint density at radius 1 is 0.552 bits per heavy atom. The number of hydrogen-bond donors (Lipinski definition) is 0. The maximum Gasteiger partial charge on any atom is 0.490 e. The van der Waals surface area contributed by atoms with Gasteiger partial charge in [0, 0.05) is 0 Å². The second kappa shape index (κ2) is 21.9. The largest absolute Gasteiger partial charge is 0.490 e. The second-order valence-corrected chi connectivity index (χ2v) is 13.7. The molecule has 16 nitrogen and oxygen atoms in total. The lowest BCUT2D eigenvalue weighted by molar-refractivity contribution is -0.325. The third kappa shape index (κ3) is 17.2. The van der Waals surface area contributed by atoms with Gasteiger partial charge in [-0.1, -0.05) is 23.3 Å². The van der Waals surface area contributed by atoms with Gasteiger partial charge in [0.25, 0.3) is 0 Å². The van der Waals surface area contributed by atoms with E-state index in [1.54, 1.807) is 19.9 Å². The van der Waals surface area contributed by atoms with E-state index < -0.39 is 148 Å². The van der Waals surface area contributed by atoms with E-state index >= 15 is 0 Å². The summed E-state index contributed by atoms with van der Waals surface area (Å²) in [5.41, 5.74) is -2.84. The standard InChI is InChI=1S/C33H30F18O16/c1-12(2)5-4-6-13(3)7-8-58-19-17(65-24(55)31(43,44)45)16(64-23(54)30(40,41)42)15(63-22(53)29(37,38)39)14(62-19)9-59-20-18(66-25(56)32(46,47)48)27(10-60-20,67-26(57)33(49,50)51)11-61-21(52)28(34,35)36/h5,7,14-20H,4,6,8-11H2,1-3H3/b13-7-/t14-,15-,16+,17-,18+,19-,20-,27?/m1/s1. The van der Waals surface area contributed by atoms with Crippen LogP contribution in [0.1, 0.15) is 33.6 Å². The summed E-state index contributed by atoms with van der Waals surface area (Å²) >= 11 is 0. The van der Waals surface area contributed by atoms with E-state index in [9.17, 15) is 108 Å². The summed E-state index contributed by atoms with van der Waals surface area (Å²) in [6.07, 6.45) is -57.2. The van der Waals surface area contributed by atoms with Gasteiger partial charge in [0.05, 0.1) is 19.8 Å². The number of hydrogen-bond acceptors (Lipinski definition) is 16. The van der Waals surface area contributed by atoms with E-state index in [1.807, 2.05) is 0 Å². The van der Waals surface area contributed by atoms with Crippen molar-refractivity contribution in [1.82, 2.24) is 0 Å². The summed E-state index contributed by atoms with van der Waals surface area (Å²) in [5.74, 6) is -20.9. The third-order valence-corrected chi connectivity index (χ3v) is 8.15. The summed E-state index contributed by atoms with van der Waals surface area (Å²) in [5, 5.41) is 0. The molecule has 0 amide bonds. The van der Waals surface area contributed by atoms with E-state index in [0.717, 1.165) is 11.6 Å². The summed E-state index contributed by atoms with van der Waals surface area (Å²) in [7, 11) is 0. The van der Waals surface area contributed by atoms with Gasteiger partial charge >= 0.3 is 72.9 Å². The first-order valence-corrected chi connectivity index (χ1v) is 17.6. The van der Waals surface area contributed by atoms with Gasteiger partial charge in [-0.15, -0.1) is 0 Å². The molecule has 0 bridgehead atoms. The summed E-state index contributed by atoms with van der Waals surface area (Å²) < 4.78 is 284. The first kappa shape index (κ1) is 58.0. The van der Waals surface area contributed by atoms with Crippen LogP contribution >= 0.6 is 0 Å². The van der Waals surface area contributed by atoms with Crippen LogP contribution in [0.4, 0.5) is 79.0 Å². The number of esters is 6. The highest BCUT2D eigenvalue weighted by Crippen LogP contribution is 2.39. The van der Waals surface area contributed by atoms with Gasteiger partial charge in [0.2, 0.25) is 5.60 Å². The minimum atomic E-state index is -6.26. The van der Waals surface area contributed by atoms with Crippen LogP contribution in [0.15, 0.2) is 23.3 Å². The Morgan fingerprint density at radius 3 is 1.46 bits per heavy atom. The molecule has 2 aliphatic heterocycles. The summed E-state index contributed by atoms with van der Waals surface area (Å²) in [6, 6.07) is 0. The Hall–Kier alpha value is -5.12. The number of rotatable bonds is 16. The first-order valence-electron chi connectivity index (χ1n) is 17.6. The number of allylic oxidation sites excluding steroid dienone is 3. The first-order chi connectivity index (χ1) is 30.2. The highest BCUT2D eigenvalue weighted by atomic mass is 19.4. The Bertz CT molecular complexity index is 1850. The Kier molecular flexibility index (Phi) is 18.9. The second-order valence-electron chi connectivity index (χ2n) is 13.7. The normalized spacial score (nSPS) is 25.4. The fourth-order valence-corrected chi connectivity index (χ4v) is 5.16. The lowest BCUT2D eigenvalue weighted by atomic mass is 9.97. The van der Waals surface area contributed by atoms with Crippen LogP contribution in [-0.4, -0.2) is 148 Å². The summed E-state index contributed by atoms with van der Waals surface area (Å²) in [6.45, 7) is -2.80. The van der Waals surface area contributed by atoms with Crippen molar-refractivity contribution in [1.29, 1.82) is 0 Å². The lowest BCUT2D eigenvalue weighted by Gasteiger charge is -2.44. The van der Waals surface area contributed by atoms with Crippen LogP contribution in [0, 0.1) is 0 Å². The Morgan fingerprint density at radius 2 is 1.00 bits per heavy atom. The minimum Gasteiger partial charge on any atom is -0.455 e. The molecular weight excluding hydrogens is 994 g/mol. The van der Waals surface area contributed by atoms with Gasteiger partial charge in [0.15, 0.2) is 37.0 Å². The van der Waals surface area contributed by atoms with E-state index in [2.05, 4.69) is 28.4 Å². The fourth-order valence-electron chi connectivity index (χ4n) is 5.16. The number of alkyl halides is 18. The molecule has 2 fully saturated rings. The molecule has 2 saturated heterocycles. The molecule has 1 unspecified atom stereocenters. The molecule has 0 spiro atoms. The smallest absolute Gasteiger partial charge is 0.455 e. The Labute approximate surface area is 360 Å². The molecule has 2 aliphatic rings. The molecule has 0 aromatic heterocycles. The Balaban J connectivity index is 2.86. The van der Waals surface area contributed by atoms with Crippen molar-refractivity contribution < 1.29 is 155 Å². The monoisotopic (exact) mass is 1020 g/mol. The predicted octanol–water partition coefficient (Wildman–Crippen LogP) is 5.64. The molecule has 8 atom stereocenters. The lowest BCUT2D eigenvalue weighted by Crippen LogP contribution is -2.64. The maximum atomic E-state index is 13.5. The van der Waals surface area contributed by atoms with E-state index in [-0.39, 0.29) is 6.42 Å². The van der Waals surface area contributed by atoms with E-state index in [1.165, 1.54) is 6.92 Å². The number of carbonyl (C=O) groups excluding carboxylic acids is 6. The number of ether oxygens (including phenoxy) is 10. The number of halogens is 18. The molecule has 34 heteroatoms. The molecule has 2 rings (SSSR count). The number of carbonyl (C=O) groups is 6.